The number of methoxy groups -OCH3 is 2. The molecule has 2 amide bonds. The van der Waals surface area contributed by atoms with Gasteiger partial charge in [0.1, 0.15) is 0 Å². The van der Waals surface area contributed by atoms with Crippen LogP contribution in [0.3, 0.4) is 0 Å². The third kappa shape index (κ3) is 6.80. The summed E-state index contributed by atoms with van der Waals surface area (Å²) in [6.07, 6.45) is -0.0765. The van der Waals surface area contributed by atoms with Gasteiger partial charge in [0.05, 0.1) is 50.7 Å². The number of carbonyl (C=O) groups excluding carboxylic acids is 2. The fourth-order valence-corrected chi connectivity index (χ4v) is 7.99. The van der Waals surface area contributed by atoms with Crippen LogP contribution in [-0.2, 0) is 35.6 Å². The maximum atomic E-state index is 13.2. The minimum atomic E-state index is -0.613. The van der Waals surface area contributed by atoms with Crippen LogP contribution in [0.1, 0.15) is 73.4 Å². The Morgan fingerprint density at radius 1 is 0.741 bits per heavy atom. The van der Waals surface area contributed by atoms with Gasteiger partial charge >= 0.3 is 0 Å². The number of amides is 2. The summed E-state index contributed by atoms with van der Waals surface area (Å²) in [6, 6.07) is 35.2. The first-order valence-corrected chi connectivity index (χ1v) is 18.5. The molecule has 0 aromatic heterocycles. The highest BCUT2D eigenvalue weighted by Gasteiger charge is 2.40. The van der Waals surface area contributed by atoms with E-state index in [1.54, 1.807) is 38.5 Å². The Balaban J connectivity index is 1.04. The highest BCUT2D eigenvalue weighted by Crippen LogP contribution is 2.43. The molecule has 0 aliphatic carbocycles. The molecular formula is C45H44N2O7. The Labute approximate surface area is 315 Å². The second-order valence-corrected chi connectivity index (χ2v) is 14.3. The van der Waals surface area contributed by atoms with Crippen LogP contribution in [0, 0.1) is 5.92 Å². The van der Waals surface area contributed by atoms with Crippen molar-refractivity contribution >= 4 is 11.8 Å². The summed E-state index contributed by atoms with van der Waals surface area (Å²) < 4.78 is 24.8. The monoisotopic (exact) mass is 724 g/mol. The molecule has 3 aliphatic heterocycles. The maximum absolute atomic E-state index is 13.2. The highest BCUT2D eigenvalue weighted by molar-refractivity contribution is 6.21. The number of aliphatic hydroxyl groups is 1. The topological polar surface area (TPSA) is 97.8 Å². The molecule has 5 aromatic carbocycles. The Hall–Kier alpha value is -5.32. The van der Waals surface area contributed by atoms with E-state index in [-0.39, 0.29) is 43.1 Å². The third-order valence-corrected chi connectivity index (χ3v) is 11.1. The fraction of sp³-hybridized carbons (Fsp3) is 0.289. The van der Waals surface area contributed by atoms with Gasteiger partial charge in [-0.3, -0.25) is 19.4 Å². The predicted molar refractivity (Wildman–Crippen MR) is 204 cm³/mol. The zero-order valence-corrected chi connectivity index (χ0v) is 30.7. The first-order chi connectivity index (χ1) is 26.3. The molecule has 0 radical (unpaired) electrons. The van der Waals surface area contributed by atoms with E-state index in [4.69, 9.17) is 18.9 Å². The predicted octanol–water partition coefficient (Wildman–Crippen LogP) is 7.51. The van der Waals surface area contributed by atoms with Crippen LogP contribution in [0.15, 0.2) is 109 Å². The number of rotatable bonds is 10. The molecule has 3 aliphatic rings. The third-order valence-electron chi connectivity index (χ3n) is 11.1. The Bertz CT molecular complexity index is 2130. The summed E-state index contributed by atoms with van der Waals surface area (Å²) in [5.74, 6) is 0.980. The zero-order chi connectivity index (χ0) is 37.3. The molecule has 54 heavy (non-hydrogen) atoms. The quantitative estimate of drug-likeness (QED) is 0.148. The lowest BCUT2D eigenvalue weighted by Gasteiger charge is -2.43. The SMILES string of the molecule is COc1cc2c(cc1OC)CN(C[C@@H]1O[C@H](c3ccc(-c4ccccc4CN4C(=O)c5ccccc5C4=O)cc3)O[C@H](c3ccc(CO)cc3)[C@@H]1C)CC2. The number of benzene rings is 5. The lowest BCUT2D eigenvalue weighted by atomic mass is 9.89. The molecule has 0 unspecified atom stereocenters. The highest BCUT2D eigenvalue weighted by atomic mass is 16.7. The number of imide groups is 1. The van der Waals surface area contributed by atoms with Crippen LogP contribution >= 0.6 is 0 Å². The summed E-state index contributed by atoms with van der Waals surface area (Å²) in [5.41, 5.74) is 8.95. The lowest BCUT2D eigenvalue weighted by Crippen LogP contribution is -2.45. The first-order valence-electron chi connectivity index (χ1n) is 18.5. The van der Waals surface area contributed by atoms with Crippen molar-refractivity contribution in [2.75, 3.05) is 27.3 Å². The molecule has 0 saturated carbocycles. The van der Waals surface area contributed by atoms with Crippen molar-refractivity contribution < 1.29 is 33.6 Å². The van der Waals surface area contributed by atoms with E-state index in [1.165, 1.54) is 16.0 Å². The zero-order valence-electron chi connectivity index (χ0n) is 30.7. The smallest absolute Gasteiger partial charge is 0.261 e. The van der Waals surface area contributed by atoms with Gasteiger partial charge in [-0.1, -0.05) is 91.9 Å². The molecule has 1 fully saturated rings. The van der Waals surface area contributed by atoms with Crippen molar-refractivity contribution in [3.63, 3.8) is 0 Å². The van der Waals surface area contributed by atoms with E-state index in [0.29, 0.717) is 11.1 Å². The second-order valence-electron chi connectivity index (χ2n) is 14.3. The van der Waals surface area contributed by atoms with Crippen molar-refractivity contribution in [3.8, 4) is 22.6 Å². The average molecular weight is 725 g/mol. The average Bonchev–Trinajstić information content (AvgIpc) is 3.46. The summed E-state index contributed by atoms with van der Waals surface area (Å²) in [4.78, 5) is 30.1. The lowest BCUT2D eigenvalue weighted by molar-refractivity contribution is -0.276. The van der Waals surface area contributed by atoms with Crippen LogP contribution in [-0.4, -0.2) is 60.1 Å². The molecule has 276 valence electrons. The van der Waals surface area contributed by atoms with Gasteiger partial charge in [-0.2, -0.15) is 0 Å². The van der Waals surface area contributed by atoms with Gasteiger partial charge in [-0.05, 0) is 69.6 Å². The second kappa shape index (κ2) is 15.2. The van der Waals surface area contributed by atoms with E-state index in [9.17, 15) is 14.7 Å². The first kappa shape index (κ1) is 35.7. The van der Waals surface area contributed by atoms with Crippen molar-refractivity contribution in [1.29, 1.82) is 0 Å². The summed E-state index contributed by atoms with van der Waals surface area (Å²) in [5, 5.41) is 9.69. The normalized spacial score (nSPS) is 21.1. The van der Waals surface area contributed by atoms with Crippen molar-refractivity contribution in [2.24, 2.45) is 5.92 Å². The Morgan fingerprint density at radius 2 is 1.35 bits per heavy atom. The number of carbonyl (C=O) groups is 2. The summed E-state index contributed by atoms with van der Waals surface area (Å²) in [7, 11) is 3.33. The summed E-state index contributed by atoms with van der Waals surface area (Å²) >= 11 is 0. The fourth-order valence-electron chi connectivity index (χ4n) is 7.99. The van der Waals surface area contributed by atoms with E-state index in [2.05, 4.69) is 24.0 Å². The van der Waals surface area contributed by atoms with Crippen molar-refractivity contribution in [2.45, 2.75) is 51.5 Å². The number of hydrogen-bond donors (Lipinski definition) is 1. The van der Waals surface area contributed by atoms with E-state index >= 15 is 0 Å². The van der Waals surface area contributed by atoms with Gasteiger partial charge < -0.3 is 24.1 Å². The van der Waals surface area contributed by atoms with Gasteiger partial charge in [-0.25, -0.2) is 0 Å². The maximum Gasteiger partial charge on any atom is 0.261 e. The molecule has 1 N–H and O–H groups in total. The molecule has 5 aromatic rings. The van der Waals surface area contributed by atoms with Crippen LogP contribution in [0.2, 0.25) is 0 Å². The minimum absolute atomic E-state index is 0.0173. The van der Waals surface area contributed by atoms with E-state index < -0.39 is 6.29 Å². The molecule has 8 rings (SSSR count). The largest absolute Gasteiger partial charge is 0.493 e. The van der Waals surface area contributed by atoms with Crippen LogP contribution < -0.4 is 9.47 Å². The number of aliphatic hydroxyl groups excluding tert-OH is 1. The Kier molecular flexibility index (Phi) is 10.0. The van der Waals surface area contributed by atoms with Crippen molar-refractivity contribution in [3.05, 3.63) is 154 Å². The van der Waals surface area contributed by atoms with Gasteiger partial charge in [-0.15, -0.1) is 0 Å². The number of nitrogens with zero attached hydrogens (tertiary/aromatic N) is 2. The molecule has 9 heteroatoms. The molecule has 4 atom stereocenters. The molecule has 3 heterocycles. The van der Waals surface area contributed by atoms with Crippen LogP contribution in [0.4, 0.5) is 0 Å². The molecule has 1 saturated heterocycles. The number of hydrogen-bond acceptors (Lipinski definition) is 8. The van der Waals surface area contributed by atoms with Gasteiger partial charge in [0.2, 0.25) is 0 Å². The molecule has 0 bridgehead atoms. The van der Waals surface area contributed by atoms with Crippen LogP contribution in [0.5, 0.6) is 11.5 Å². The number of fused-ring (bicyclic) bond motifs is 2. The minimum Gasteiger partial charge on any atom is -0.493 e. The van der Waals surface area contributed by atoms with E-state index in [1.807, 2.05) is 72.8 Å². The van der Waals surface area contributed by atoms with Crippen molar-refractivity contribution in [1.82, 2.24) is 9.80 Å². The van der Waals surface area contributed by atoms with Gasteiger partial charge in [0.15, 0.2) is 17.8 Å². The number of ether oxygens (including phenoxy) is 4. The molecule has 0 spiro atoms. The summed E-state index contributed by atoms with van der Waals surface area (Å²) in [6.45, 7) is 4.74. The van der Waals surface area contributed by atoms with Crippen LogP contribution in [0.25, 0.3) is 11.1 Å². The van der Waals surface area contributed by atoms with Gasteiger partial charge in [0, 0.05) is 31.1 Å². The molecule has 9 nitrogen and oxygen atoms in total. The van der Waals surface area contributed by atoms with E-state index in [0.717, 1.165) is 70.9 Å². The Morgan fingerprint density at radius 3 is 2.00 bits per heavy atom. The molecular weight excluding hydrogens is 681 g/mol. The van der Waals surface area contributed by atoms with Gasteiger partial charge in [0.25, 0.3) is 11.8 Å². The standard InChI is InChI=1S/C45H44N2O7/c1-28-41(26-46-21-20-33-22-39(51-2)40(52-3)23-35(33)24-46)53-45(54-42(28)31-14-12-29(27-48)13-15-31)32-18-16-30(17-19-32)36-9-5-4-8-34(36)25-47-43(49)37-10-6-7-11-38(37)44(47)50/h4-19,22-23,28,41-42,45,48H,20-21,24-27H2,1-3H3/t28-,41+,42+,45+/m1/s1.